The highest BCUT2D eigenvalue weighted by Gasteiger charge is 2.32. The highest BCUT2D eigenvalue weighted by atomic mass is 19.1. The van der Waals surface area contributed by atoms with Gasteiger partial charge in [0.15, 0.2) is 6.04 Å². The van der Waals surface area contributed by atoms with Gasteiger partial charge in [-0.25, -0.2) is 9.18 Å². The maximum Gasteiger partial charge on any atom is 0.331 e. The fraction of sp³-hybridized carbons (Fsp3) is 0.176. The summed E-state index contributed by atoms with van der Waals surface area (Å²) < 4.78 is 18.4. The van der Waals surface area contributed by atoms with E-state index in [1.165, 1.54) is 18.2 Å². The third kappa shape index (κ3) is 3.92. The SMILES string of the molecule is COC(=O)[C@H](NC(=O)c1ccccc1)[C@@H](O)c1ccccc1F. The minimum absolute atomic E-state index is 0.101. The number of esters is 1. The Morgan fingerprint density at radius 3 is 2.30 bits per heavy atom. The molecule has 0 heterocycles. The van der Waals surface area contributed by atoms with Gasteiger partial charge in [0, 0.05) is 11.1 Å². The highest BCUT2D eigenvalue weighted by Crippen LogP contribution is 2.21. The zero-order chi connectivity index (χ0) is 16.8. The van der Waals surface area contributed by atoms with Gasteiger partial charge in [-0.1, -0.05) is 36.4 Å². The molecule has 0 saturated carbocycles. The molecule has 6 heteroatoms. The van der Waals surface area contributed by atoms with Gasteiger partial charge in [-0.05, 0) is 18.2 Å². The van der Waals surface area contributed by atoms with E-state index in [0.29, 0.717) is 5.56 Å². The number of carbonyl (C=O) groups is 2. The Balaban J connectivity index is 2.26. The van der Waals surface area contributed by atoms with E-state index in [9.17, 15) is 19.1 Å². The molecule has 2 aromatic rings. The summed E-state index contributed by atoms with van der Waals surface area (Å²) in [4.78, 5) is 24.1. The van der Waals surface area contributed by atoms with E-state index in [0.717, 1.165) is 13.2 Å². The number of carbonyl (C=O) groups excluding carboxylic acids is 2. The molecular formula is C17H16FNO4. The normalized spacial score (nSPS) is 13.0. The van der Waals surface area contributed by atoms with E-state index < -0.39 is 29.8 Å². The Morgan fingerprint density at radius 1 is 1.09 bits per heavy atom. The lowest BCUT2D eigenvalue weighted by Crippen LogP contribution is -2.45. The molecule has 2 N–H and O–H groups in total. The first-order valence-corrected chi connectivity index (χ1v) is 6.91. The monoisotopic (exact) mass is 317 g/mol. The number of rotatable bonds is 5. The zero-order valence-corrected chi connectivity index (χ0v) is 12.4. The van der Waals surface area contributed by atoms with Crippen LogP contribution in [0.15, 0.2) is 54.6 Å². The summed E-state index contributed by atoms with van der Waals surface area (Å²) in [5.74, 6) is -2.12. The van der Waals surface area contributed by atoms with Gasteiger partial charge in [0.2, 0.25) is 0 Å². The molecule has 2 aromatic carbocycles. The topological polar surface area (TPSA) is 75.6 Å². The minimum atomic E-state index is -1.57. The summed E-state index contributed by atoms with van der Waals surface area (Å²) >= 11 is 0. The van der Waals surface area contributed by atoms with E-state index >= 15 is 0 Å². The van der Waals surface area contributed by atoms with Crippen LogP contribution in [0.5, 0.6) is 0 Å². The second-order valence-corrected chi connectivity index (χ2v) is 4.81. The zero-order valence-electron chi connectivity index (χ0n) is 12.4. The van der Waals surface area contributed by atoms with Crippen molar-refractivity contribution in [3.8, 4) is 0 Å². The van der Waals surface area contributed by atoms with Crippen molar-refractivity contribution in [1.82, 2.24) is 5.32 Å². The molecule has 120 valence electrons. The fourth-order valence-corrected chi connectivity index (χ4v) is 2.10. The fourth-order valence-electron chi connectivity index (χ4n) is 2.10. The maximum absolute atomic E-state index is 13.8. The van der Waals surface area contributed by atoms with E-state index in [1.54, 1.807) is 30.3 Å². The highest BCUT2D eigenvalue weighted by molar-refractivity contribution is 5.96. The molecule has 0 fully saturated rings. The molecule has 0 aromatic heterocycles. The summed E-state index contributed by atoms with van der Waals surface area (Å²) in [6.45, 7) is 0. The maximum atomic E-state index is 13.8. The molecule has 1 amide bonds. The Hall–Kier alpha value is -2.73. The van der Waals surface area contributed by atoms with E-state index in [-0.39, 0.29) is 5.56 Å². The van der Waals surface area contributed by atoms with Gasteiger partial charge in [-0.15, -0.1) is 0 Å². The van der Waals surface area contributed by atoms with Crippen LogP contribution < -0.4 is 5.32 Å². The number of aliphatic hydroxyl groups excluding tert-OH is 1. The van der Waals surface area contributed by atoms with Crippen molar-refractivity contribution < 1.29 is 23.8 Å². The Bertz CT molecular complexity index is 690. The smallest absolute Gasteiger partial charge is 0.331 e. The van der Waals surface area contributed by atoms with Crippen LogP contribution in [0.1, 0.15) is 22.0 Å². The number of amides is 1. The lowest BCUT2D eigenvalue weighted by atomic mass is 10.0. The first kappa shape index (κ1) is 16.6. The second kappa shape index (κ2) is 7.51. The molecule has 0 saturated heterocycles. The van der Waals surface area contributed by atoms with Crippen molar-refractivity contribution in [2.45, 2.75) is 12.1 Å². The predicted molar refractivity (Wildman–Crippen MR) is 81.1 cm³/mol. The van der Waals surface area contributed by atoms with Crippen LogP contribution in [0.25, 0.3) is 0 Å². The second-order valence-electron chi connectivity index (χ2n) is 4.81. The number of halogens is 1. The standard InChI is InChI=1S/C17H16FNO4/c1-23-17(22)14(15(20)12-9-5-6-10-13(12)18)19-16(21)11-7-3-2-4-8-11/h2-10,14-15,20H,1H3,(H,19,21)/t14-,15+/m1/s1. The molecule has 0 aliphatic heterocycles. The molecule has 0 aliphatic rings. The molecule has 0 radical (unpaired) electrons. The summed E-state index contributed by atoms with van der Waals surface area (Å²) in [6.07, 6.45) is -1.57. The summed E-state index contributed by atoms with van der Waals surface area (Å²) in [6, 6.07) is 12.2. The quantitative estimate of drug-likeness (QED) is 0.825. The van der Waals surface area contributed by atoms with Gasteiger partial charge in [0.1, 0.15) is 11.9 Å². The number of ether oxygens (including phenoxy) is 1. The van der Waals surface area contributed by atoms with Gasteiger partial charge in [-0.3, -0.25) is 4.79 Å². The molecule has 0 bridgehead atoms. The van der Waals surface area contributed by atoms with Crippen LogP contribution in [-0.2, 0) is 9.53 Å². The number of nitrogens with one attached hydrogen (secondary N) is 1. The van der Waals surface area contributed by atoms with E-state index in [4.69, 9.17) is 0 Å². The van der Waals surface area contributed by atoms with Gasteiger partial charge in [-0.2, -0.15) is 0 Å². The van der Waals surface area contributed by atoms with Crippen molar-refractivity contribution >= 4 is 11.9 Å². The van der Waals surface area contributed by atoms with Gasteiger partial charge >= 0.3 is 5.97 Å². The van der Waals surface area contributed by atoms with Crippen molar-refractivity contribution in [3.05, 3.63) is 71.5 Å². The number of methoxy groups -OCH3 is 1. The largest absolute Gasteiger partial charge is 0.467 e. The van der Waals surface area contributed by atoms with Gasteiger partial charge < -0.3 is 15.2 Å². The Kier molecular flexibility index (Phi) is 5.43. The molecule has 0 unspecified atom stereocenters. The van der Waals surface area contributed by atoms with Crippen LogP contribution in [0.3, 0.4) is 0 Å². The first-order chi connectivity index (χ1) is 11.0. The Morgan fingerprint density at radius 2 is 1.70 bits per heavy atom. The van der Waals surface area contributed by atoms with Gasteiger partial charge in [0.05, 0.1) is 7.11 Å². The van der Waals surface area contributed by atoms with E-state index in [1.807, 2.05) is 0 Å². The summed E-state index contributed by atoms with van der Waals surface area (Å²) in [5, 5.41) is 12.7. The minimum Gasteiger partial charge on any atom is -0.467 e. The average Bonchev–Trinajstić information content (AvgIpc) is 2.59. The number of hydrogen-bond donors (Lipinski definition) is 2. The molecule has 0 spiro atoms. The Labute approximate surface area is 132 Å². The van der Waals surface area contributed by atoms with Crippen LogP contribution in [0, 0.1) is 5.82 Å². The third-order valence-electron chi connectivity index (χ3n) is 3.32. The molecule has 23 heavy (non-hydrogen) atoms. The first-order valence-electron chi connectivity index (χ1n) is 6.91. The number of aliphatic hydroxyl groups is 1. The molecule has 2 rings (SSSR count). The molecular weight excluding hydrogens is 301 g/mol. The van der Waals surface area contributed by atoms with Crippen molar-refractivity contribution in [2.24, 2.45) is 0 Å². The van der Waals surface area contributed by atoms with E-state index in [2.05, 4.69) is 10.1 Å². The predicted octanol–water partition coefficient (Wildman–Crippen LogP) is 1.83. The lowest BCUT2D eigenvalue weighted by molar-refractivity contribution is -0.146. The summed E-state index contributed by atoms with van der Waals surface area (Å²) in [5.41, 5.74) is 0.207. The lowest BCUT2D eigenvalue weighted by Gasteiger charge is -2.22. The van der Waals surface area contributed by atoms with Crippen LogP contribution in [0.4, 0.5) is 4.39 Å². The van der Waals surface area contributed by atoms with Crippen molar-refractivity contribution in [2.75, 3.05) is 7.11 Å². The van der Waals surface area contributed by atoms with Crippen molar-refractivity contribution in [3.63, 3.8) is 0 Å². The molecule has 2 atom stereocenters. The van der Waals surface area contributed by atoms with Crippen molar-refractivity contribution in [1.29, 1.82) is 0 Å². The number of benzene rings is 2. The molecule has 0 aliphatic carbocycles. The summed E-state index contributed by atoms with van der Waals surface area (Å²) in [7, 11) is 1.12. The van der Waals surface area contributed by atoms with Crippen LogP contribution >= 0.6 is 0 Å². The average molecular weight is 317 g/mol. The van der Waals surface area contributed by atoms with Crippen LogP contribution in [-0.4, -0.2) is 30.1 Å². The van der Waals surface area contributed by atoms with Gasteiger partial charge in [0.25, 0.3) is 5.91 Å². The third-order valence-corrected chi connectivity index (χ3v) is 3.32. The van der Waals surface area contributed by atoms with Crippen LogP contribution in [0.2, 0.25) is 0 Å². The number of hydrogen-bond acceptors (Lipinski definition) is 4. The molecule has 5 nitrogen and oxygen atoms in total.